The SMILES string of the molecule is CN(CCCn1cccn1)C1CCCN(C2Cc3ccccc3C2)C1. The Bertz CT molecular complexity index is 641. The zero-order valence-electron chi connectivity index (χ0n) is 15.3. The van der Waals surface area contributed by atoms with Gasteiger partial charge >= 0.3 is 0 Å². The molecule has 1 aliphatic heterocycles. The van der Waals surface area contributed by atoms with E-state index in [2.05, 4.69) is 52.4 Å². The van der Waals surface area contributed by atoms with Crippen molar-refractivity contribution in [2.75, 3.05) is 26.7 Å². The van der Waals surface area contributed by atoms with Crippen LogP contribution in [0.2, 0.25) is 0 Å². The number of aryl methyl sites for hydroxylation is 1. The minimum Gasteiger partial charge on any atom is -0.302 e. The van der Waals surface area contributed by atoms with Crippen molar-refractivity contribution >= 4 is 0 Å². The fourth-order valence-electron chi connectivity index (χ4n) is 4.57. The van der Waals surface area contributed by atoms with Crippen LogP contribution in [0.3, 0.4) is 0 Å². The Kier molecular flexibility index (Phi) is 5.18. The van der Waals surface area contributed by atoms with Crippen LogP contribution < -0.4 is 0 Å². The molecular weight excluding hydrogens is 308 g/mol. The predicted molar refractivity (Wildman–Crippen MR) is 102 cm³/mol. The third-order valence-electron chi connectivity index (χ3n) is 6.05. The Hall–Kier alpha value is -1.65. The second kappa shape index (κ2) is 7.71. The van der Waals surface area contributed by atoms with E-state index in [1.165, 1.54) is 45.2 Å². The number of piperidine rings is 1. The summed E-state index contributed by atoms with van der Waals surface area (Å²) in [4.78, 5) is 5.34. The van der Waals surface area contributed by atoms with E-state index in [0.717, 1.165) is 19.1 Å². The zero-order chi connectivity index (χ0) is 17.1. The maximum Gasteiger partial charge on any atom is 0.0489 e. The van der Waals surface area contributed by atoms with Gasteiger partial charge in [0.1, 0.15) is 0 Å². The summed E-state index contributed by atoms with van der Waals surface area (Å²) in [6.07, 6.45) is 10.2. The van der Waals surface area contributed by atoms with Gasteiger partial charge in [0.2, 0.25) is 0 Å². The molecule has 0 bridgehead atoms. The highest BCUT2D eigenvalue weighted by atomic mass is 15.3. The predicted octanol–water partition coefficient (Wildman–Crippen LogP) is 2.84. The summed E-state index contributed by atoms with van der Waals surface area (Å²) in [6.45, 7) is 4.68. The Morgan fingerprint density at radius 1 is 1.16 bits per heavy atom. The molecule has 0 saturated carbocycles. The van der Waals surface area contributed by atoms with Crippen LogP contribution in [0.1, 0.15) is 30.4 Å². The van der Waals surface area contributed by atoms with Gasteiger partial charge in [-0.1, -0.05) is 24.3 Å². The first kappa shape index (κ1) is 16.8. The maximum atomic E-state index is 4.30. The Morgan fingerprint density at radius 3 is 2.68 bits per heavy atom. The van der Waals surface area contributed by atoms with Crippen LogP contribution in [0.25, 0.3) is 0 Å². The first-order valence-corrected chi connectivity index (χ1v) is 9.78. The number of nitrogens with zero attached hydrogens (tertiary/aromatic N) is 4. The lowest BCUT2D eigenvalue weighted by Gasteiger charge is -2.40. The minimum absolute atomic E-state index is 0.704. The van der Waals surface area contributed by atoms with Gasteiger partial charge in [0, 0.05) is 37.6 Å². The number of aromatic nitrogens is 2. The quantitative estimate of drug-likeness (QED) is 0.809. The molecule has 2 heterocycles. The molecule has 1 saturated heterocycles. The van der Waals surface area contributed by atoms with Crippen molar-refractivity contribution in [1.29, 1.82) is 0 Å². The summed E-state index contributed by atoms with van der Waals surface area (Å²) in [5.41, 5.74) is 3.14. The van der Waals surface area contributed by atoms with E-state index in [9.17, 15) is 0 Å². The highest BCUT2D eigenvalue weighted by molar-refractivity contribution is 5.33. The van der Waals surface area contributed by atoms with Crippen LogP contribution >= 0.6 is 0 Å². The summed E-state index contributed by atoms with van der Waals surface area (Å²) >= 11 is 0. The number of rotatable bonds is 6. The molecule has 2 aliphatic rings. The van der Waals surface area contributed by atoms with Crippen molar-refractivity contribution in [2.45, 2.75) is 50.7 Å². The molecule has 0 N–H and O–H groups in total. The van der Waals surface area contributed by atoms with Crippen molar-refractivity contribution < 1.29 is 0 Å². The normalized spacial score (nSPS) is 21.8. The smallest absolute Gasteiger partial charge is 0.0489 e. The monoisotopic (exact) mass is 338 g/mol. The summed E-state index contributed by atoms with van der Waals surface area (Å²) in [5, 5.41) is 4.30. The van der Waals surface area contributed by atoms with E-state index >= 15 is 0 Å². The van der Waals surface area contributed by atoms with Crippen LogP contribution in [0.15, 0.2) is 42.7 Å². The van der Waals surface area contributed by atoms with E-state index in [0.29, 0.717) is 6.04 Å². The lowest BCUT2D eigenvalue weighted by molar-refractivity contribution is 0.0857. The third kappa shape index (κ3) is 3.96. The molecule has 134 valence electrons. The summed E-state index contributed by atoms with van der Waals surface area (Å²) in [7, 11) is 2.31. The molecule has 4 rings (SSSR count). The number of hydrogen-bond donors (Lipinski definition) is 0. The van der Waals surface area contributed by atoms with E-state index in [4.69, 9.17) is 0 Å². The standard InChI is InChI=1S/C21H30N4/c1-23(11-6-14-25-13-5-10-22-25)20-9-4-12-24(17-20)21-15-18-7-2-3-8-19(18)16-21/h2-3,5,7-8,10,13,20-21H,4,6,9,11-12,14-17H2,1H3. The molecule has 0 amide bonds. The van der Waals surface area contributed by atoms with Gasteiger partial charge in [0.15, 0.2) is 0 Å². The van der Waals surface area contributed by atoms with Gasteiger partial charge in [-0.05, 0) is 69.4 Å². The van der Waals surface area contributed by atoms with E-state index in [1.807, 2.05) is 16.9 Å². The molecule has 1 atom stereocenters. The Morgan fingerprint density at radius 2 is 1.96 bits per heavy atom. The lowest BCUT2D eigenvalue weighted by atomic mass is 10.0. The molecule has 4 heteroatoms. The van der Waals surface area contributed by atoms with Crippen LogP contribution in [0.4, 0.5) is 0 Å². The highest BCUT2D eigenvalue weighted by Crippen LogP contribution is 2.28. The zero-order valence-corrected chi connectivity index (χ0v) is 15.3. The van der Waals surface area contributed by atoms with Crippen molar-refractivity contribution in [3.05, 3.63) is 53.9 Å². The molecule has 25 heavy (non-hydrogen) atoms. The van der Waals surface area contributed by atoms with E-state index in [1.54, 1.807) is 11.1 Å². The van der Waals surface area contributed by atoms with E-state index < -0.39 is 0 Å². The van der Waals surface area contributed by atoms with Crippen molar-refractivity contribution in [1.82, 2.24) is 19.6 Å². The van der Waals surface area contributed by atoms with Gasteiger partial charge in [-0.15, -0.1) is 0 Å². The second-order valence-electron chi connectivity index (χ2n) is 7.73. The fraction of sp³-hybridized carbons (Fsp3) is 0.571. The van der Waals surface area contributed by atoms with Crippen molar-refractivity contribution in [3.8, 4) is 0 Å². The molecule has 1 aromatic carbocycles. The molecule has 0 radical (unpaired) electrons. The molecule has 0 spiro atoms. The molecule has 1 fully saturated rings. The molecule has 2 aromatic rings. The van der Waals surface area contributed by atoms with Gasteiger partial charge in [-0.3, -0.25) is 9.58 Å². The second-order valence-corrected chi connectivity index (χ2v) is 7.73. The van der Waals surface area contributed by atoms with Gasteiger partial charge < -0.3 is 4.90 Å². The summed E-state index contributed by atoms with van der Waals surface area (Å²) in [6, 6.07) is 12.4. The maximum absolute atomic E-state index is 4.30. The topological polar surface area (TPSA) is 24.3 Å². The number of hydrogen-bond acceptors (Lipinski definition) is 3. The first-order valence-electron chi connectivity index (χ1n) is 9.78. The largest absolute Gasteiger partial charge is 0.302 e. The Labute approximate surface area is 151 Å². The van der Waals surface area contributed by atoms with Crippen molar-refractivity contribution in [2.24, 2.45) is 0 Å². The van der Waals surface area contributed by atoms with Crippen molar-refractivity contribution in [3.63, 3.8) is 0 Å². The summed E-state index contributed by atoms with van der Waals surface area (Å²) < 4.78 is 2.04. The Balaban J connectivity index is 1.27. The minimum atomic E-state index is 0.704. The third-order valence-corrected chi connectivity index (χ3v) is 6.05. The average Bonchev–Trinajstić information content (AvgIpc) is 3.31. The summed E-state index contributed by atoms with van der Waals surface area (Å²) in [5.74, 6) is 0. The fourth-order valence-corrected chi connectivity index (χ4v) is 4.57. The van der Waals surface area contributed by atoms with Gasteiger partial charge in [-0.2, -0.15) is 5.10 Å². The number of benzene rings is 1. The van der Waals surface area contributed by atoms with Crippen LogP contribution in [-0.2, 0) is 19.4 Å². The van der Waals surface area contributed by atoms with E-state index in [-0.39, 0.29) is 0 Å². The van der Waals surface area contributed by atoms with Crippen LogP contribution in [-0.4, -0.2) is 58.3 Å². The number of fused-ring (bicyclic) bond motifs is 1. The van der Waals surface area contributed by atoms with Crippen LogP contribution in [0.5, 0.6) is 0 Å². The first-order chi connectivity index (χ1) is 12.3. The molecule has 1 aromatic heterocycles. The van der Waals surface area contributed by atoms with Crippen LogP contribution in [0, 0.1) is 0 Å². The van der Waals surface area contributed by atoms with Gasteiger partial charge in [0.25, 0.3) is 0 Å². The number of likely N-dealkylation sites (tertiary alicyclic amines) is 1. The molecule has 4 nitrogen and oxygen atoms in total. The molecular formula is C21H30N4. The molecule has 1 unspecified atom stereocenters. The number of likely N-dealkylation sites (N-methyl/N-ethyl adjacent to an activating group) is 1. The van der Waals surface area contributed by atoms with Gasteiger partial charge in [-0.25, -0.2) is 0 Å². The lowest BCUT2D eigenvalue weighted by Crippen LogP contribution is -2.50. The average molecular weight is 338 g/mol. The molecule has 1 aliphatic carbocycles. The highest BCUT2D eigenvalue weighted by Gasteiger charge is 2.31. The van der Waals surface area contributed by atoms with Gasteiger partial charge in [0.05, 0.1) is 0 Å².